The smallest absolute Gasteiger partial charge is 0.128 e. The minimum Gasteiger partial charge on any atom is -0.354 e. The molecule has 4 aromatic rings. The maximum absolute atomic E-state index is 9.67. The maximum Gasteiger partial charge on any atom is 0.128 e. The molecule has 1 aliphatic carbocycles. The number of fused-ring (bicyclic) bond motifs is 1. The van der Waals surface area contributed by atoms with Crippen LogP contribution >= 0.6 is 0 Å². The van der Waals surface area contributed by atoms with Gasteiger partial charge < -0.3 is 4.90 Å². The quantitative estimate of drug-likeness (QED) is 0.450. The van der Waals surface area contributed by atoms with E-state index < -0.39 is 0 Å². The minimum absolute atomic E-state index is 0.556. The Kier molecular flexibility index (Phi) is 5.71. The number of hydrogen-bond donors (Lipinski definition) is 0. The molecule has 8 heteroatoms. The van der Waals surface area contributed by atoms with Crippen molar-refractivity contribution in [2.24, 2.45) is 7.05 Å². The molecule has 0 N–H and O–H groups in total. The van der Waals surface area contributed by atoms with E-state index in [4.69, 9.17) is 4.98 Å². The fourth-order valence-corrected chi connectivity index (χ4v) is 5.65. The van der Waals surface area contributed by atoms with Crippen molar-refractivity contribution >= 4 is 11.3 Å². The molecule has 6 rings (SSSR count). The molecule has 0 unspecified atom stereocenters. The molecule has 2 aliphatic rings. The number of anilines is 1. The number of hydrogen-bond acceptors (Lipinski definition) is 6. The molecule has 4 aromatic heterocycles. The molecule has 2 fully saturated rings. The summed E-state index contributed by atoms with van der Waals surface area (Å²) in [5.41, 5.74) is 5.28. The number of nitriles is 1. The van der Waals surface area contributed by atoms with Gasteiger partial charge in [0.25, 0.3) is 0 Å². The summed E-state index contributed by atoms with van der Waals surface area (Å²) in [4.78, 5) is 9.93. The van der Waals surface area contributed by atoms with Crippen LogP contribution in [0.4, 0.5) is 5.82 Å². The van der Waals surface area contributed by atoms with Gasteiger partial charge in [-0.05, 0) is 31.0 Å². The normalized spacial score (nSPS) is 17.7. The molecule has 0 amide bonds. The third kappa shape index (κ3) is 4.17. The fourth-order valence-electron chi connectivity index (χ4n) is 5.65. The molecule has 35 heavy (non-hydrogen) atoms. The van der Waals surface area contributed by atoms with Crippen LogP contribution in [0.25, 0.3) is 27.8 Å². The van der Waals surface area contributed by atoms with Gasteiger partial charge in [0.2, 0.25) is 0 Å². The summed E-state index contributed by atoms with van der Waals surface area (Å²) in [6.07, 6.45) is 16.2. The van der Waals surface area contributed by atoms with E-state index in [9.17, 15) is 5.26 Å². The number of piperazine rings is 1. The second-order valence-corrected chi connectivity index (χ2v) is 9.73. The van der Waals surface area contributed by atoms with Crippen LogP contribution in [-0.2, 0) is 7.05 Å². The van der Waals surface area contributed by atoms with Crippen molar-refractivity contribution < 1.29 is 0 Å². The standard InChI is InChI=1S/C27H30N8/c1-32-18-23(17-30-32)21-13-25(27-22(14-28)16-31-35(27)19-21)20-7-8-26(29-15-20)34-11-9-33(10-12-34)24-5-3-2-4-6-24/h7-8,13,15-19,24H,2-6,9-12H2,1H3. The first-order valence-electron chi connectivity index (χ1n) is 12.6. The summed E-state index contributed by atoms with van der Waals surface area (Å²) in [5, 5.41) is 18.4. The highest BCUT2D eigenvalue weighted by Crippen LogP contribution is 2.32. The van der Waals surface area contributed by atoms with Gasteiger partial charge in [0.05, 0.1) is 23.5 Å². The van der Waals surface area contributed by atoms with E-state index in [1.54, 1.807) is 15.4 Å². The minimum atomic E-state index is 0.556. The van der Waals surface area contributed by atoms with Crippen LogP contribution in [-0.4, -0.2) is 61.5 Å². The number of aromatic nitrogens is 5. The molecule has 1 saturated carbocycles. The summed E-state index contributed by atoms with van der Waals surface area (Å²) in [7, 11) is 1.91. The van der Waals surface area contributed by atoms with Crippen molar-refractivity contribution in [1.82, 2.24) is 29.3 Å². The average Bonchev–Trinajstić information content (AvgIpc) is 3.55. The Morgan fingerprint density at radius 2 is 1.71 bits per heavy atom. The van der Waals surface area contributed by atoms with Gasteiger partial charge in [-0.1, -0.05) is 19.3 Å². The molecule has 0 bridgehead atoms. The lowest BCUT2D eigenvalue weighted by Gasteiger charge is -2.41. The molecule has 178 valence electrons. The molecule has 0 aromatic carbocycles. The molecule has 1 saturated heterocycles. The SMILES string of the molecule is Cn1cc(-c2cc(-c3ccc(N4CCN(C5CCCCC5)CC4)nc3)c3c(C#N)cnn3c2)cn1. The van der Waals surface area contributed by atoms with Gasteiger partial charge in [-0.3, -0.25) is 9.58 Å². The zero-order chi connectivity index (χ0) is 23.8. The highest BCUT2D eigenvalue weighted by atomic mass is 15.3. The van der Waals surface area contributed by atoms with Gasteiger partial charge in [0.15, 0.2) is 0 Å². The second kappa shape index (κ2) is 9.16. The Labute approximate surface area is 205 Å². The second-order valence-electron chi connectivity index (χ2n) is 9.73. The molecule has 1 aliphatic heterocycles. The Morgan fingerprint density at radius 1 is 0.886 bits per heavy atom. The largest absolute Gasteiger partial charge is 0.354 e. The first-order chi connectivity index (χ1) is 17.2. The Morgan fingerprint density at radius 3 is 2.40 bits per heavy atom. The zero-order valence-corrected chi connectivity index (χ0v) is 20.1. The molecule has 0 radical (unpaired) electrons. The van der Waals surface area contributed by atoms with E-state index in [1.807, 2.05) is 31.8 Å². The van der Waals surface area contributed by atoms with Gasteiger partial charge in [0.1, 0.15) is 11.9 Å². The summed E-state index contributed by atoms with van der Waals surface area (Å²) >= 11 is 0. The highest BCUT2D eigenvalue weighted by Gasteiger charge is 2.25. The number of aryl methyl sites for hydroxylation is 1. The number of nitrogens with zero attached hydrogens (tertiary/aromatic N) is 8. The highest BCUT2D eigenvalue weighted by molar-refractivity contribution is 5.87. The average molecular weight is 467 g/mol. The summed E-state index contributed by atoms with van der Waals surface area (Å²) in [6.45, 7) is 4.27. The van der Waals surface area contributed by atoms with Gasteiger partial charge >= 0.3 is 0 Å². The van der Waals surface area contributed by atoms with Crippen LogP contribution in [0, 0.1) is 11.3 Å². The lowest BCUT2D eigenvalue weighted by molar-refractivity contribution is 0.147. The predicted molar refractivity (Wildman–Crippen MR) is 136 cm³/mol. The van der Waals surface area contributed by atoms with Crippen molar-refractivity contribution in [1.29, 1.82) is 5.26 Å². The van der Waals surface area contributed by atoms with E-state index in [-0.39, 0.29) is 0 Å². The number of rotatable bonds is 4. The predicted octanol–water partition coefficient (Wildman–Crippen LogP) is 4.12. The Bertz CT molecular complexity index is 1360. The topological polar surface area (TPSA) is 78.3 Å². The van der Waals surface area contributed by atoms with Crippen LogP contribution in [0.3, 0.4) is 0 Å². The van der Waals surface area contributed by atoms with E-state index in [2.05, 4.69) is 44.3 Å². The fraction of sp³-hybridized carbons (Fsp3) is 0.407. The van der Waals surface area contributed by atoms with E-state index in [0.29, 0.717) is 5.56 Å². The third-order valence-corrected chi connectivity index (χ3v) is 7.56. The van der Waals surface area contributed by atoms with Crippen LogP contribution in [0.5, 0.6) is 0 Å². The maximum atomic E-state index is 9.67. The van der Waals surface area contributed by atoms with Crippen LogP contribution < -0.4 is 4.90 Å². The molecular weight excluding hydrogens is 436 g/mol. The number of pyridine rings is 2. The first-order valence-corrected chi connectivity index (χ1v) is 12.6. The Hall–Kier alpha value is -3.70. The van der Waals surface area contributed by atoms with Gasteiger partial charge in [-0.15, -0.1) is 0 Å². The molecule has 5 heterocycles. The van der Waals surface area contributed by atoms with Crippen LogP contribution in [0.1, 0.15) is 37.7 Å². The third-order valence-electron chi connectivity index (χ3n) is 7.56. The van der Waals surface area contributed by atoms with E-state index >= 15 is 0 Å². The first kappa shape index (κ1) is 21.8. The van der Waals surface area contributed by atoms with E-state index in [0.717, 1.165) is 65.8 Å². The van der Waals surface area contributed by atoms with Crippen molar-refractivity contribution in [2.75, 3.05) is 31.1 Å². The van der Waals surface area contributed by atoms with Gasteiger partial charge in [0, 0.05) is 80.1 Å². The monoisotopic (exact) mass is 466 g/mol. The zero-order valence-electron chi connectivity index (χ0n) is 20.1. The van der Waals surface area contributed by atoms with Gasteiger partial charge in [-0.2, -0.15) is 15.5 Å². The van der Waals surface area contributed by atoms with Crippen molar-refractivity contribution in [3.63, 3.8) is 0 Å². The van der Waals surface area contributed by atoms with Crippen molar-refractivity contribution in [3.8, 4) is 28.3 Å². The molecule has 8 nitrogen and oxygen atoms in total. The lowest BCUT2D eigenvalue weighted by Crippen LogP contribution is -2.51. The molecule has 0 spiro atoms. The van der Waals surface area contributed by atoms with Crippen LogP contribution in [0.2, 0.25) is 0 Å². The lowest BCUT2D eigenvalue weighted by atomic mass is 9.94. The Balaban J connectivity index is 1.27. The molecular formula is C27H30N8. The summed E-state index contributed by atoms with van der Waals surface area (Å²) in [6, 6.07) is 9.40. The summed E-state index contributed by atoms with van der Waals surface area (Å²) < 4.78 is 3.57. The molecule has 0 atom stereocenters. The van der Waals surface area contributed by atoms with Crippen LogP contribution in [0.15, 0.2) is 49.2 Å². The van der Waals surface area contributed by atoms with Crippen molar-refractivity contribution in [2.45, 2.75) is 38.1 Å². The summed E-state index contributed by atoms with van der Waals surface area (Å²) in [5.74, 6) is 1.02. The van der Waals surface area contributed by atoms with E-state index in [1.165, 1.54) is 32.1 Å². The van der Waals surface area contributed by atoms with Gasteiger partial charge in [-0.25, -0.2) is 9.50 Å². The van der Waals surface area contributed by atoms with Crippen molar-refractivity contribution in [3.05, 3.63) is 54.7 Å².